The molecule has 0 radical (unpaired) electrons. The molecular weight excluding hydrogens is 629 g/mol. The predicted octanol–water partition coefficient (Wildman–Crippen LogP) is 13.6. The van der Waals surface area contributed by atoms with Crippen LogP contribution in [0, 0.1) is 13.8 Å². The second-order valence-electron chi connectivity index (χ2n) is 14.1. The first kappa shape index (κ1) is 34.6. The van der Waals surface area contributed by atoms with Crippen molar-refractivity contribution < 1.29 is 0 Å². The van der Waals surface area contributed by atoms with Crippen LogP contribution in [0.2, 0.25) is 0 Å². The van der Waals surface area contributed by atoms with Gasteiger partial charge in [0.25, 0.3) is 0 Å². The monoisotopic (exact) mass is 676 g/mol. The Morgan fingerprint density at radius 1 is 0.692 bits per heavy atom. The van der Waals surface area contributed by atoms with Gasteiger partial charge in [-0.1, -0.05) is 133 Å². The van der Waals surface area contributed by atoms with Crippen LogP contribution in [-0.4, -0.2) is 0 Å². The molecular formula is C50H48N2. The zero-order valence-corrected chi connectivity index (χ0v) is 30.4. The standard InChI is InChI=1S/C50H48N2/c1-36-14-10-20-41(30-36)38(3)32-45(28-29-51-47-24-12-21-42(33-47)39-16-6-4-7-17-39)44-26-27-50(49(35-44)46-23-11-15-37(2)31-46)52-48-25-13-22-43(34-48)40-18-8-5-9-19-40/h5,8-16,18-34,49,51-52H,3-4,6-7,17,35H2,1-2H3/b29-28-,45-32+. The highest BCUT2D eigenvalue weighted by Crippen LogP contribution is 2.39. The van der Waals surface area contributed by atoms with Gasteiger partial charge in [-0.15, -0.1) is 0 Å². The predicted molar refractivity (Wildman–Crippen MR) is 224 cm³/mol. The Balaban J connectivity index is 1.22. The van der Waals surface area contributed by atoms with Crippen LogP contribution in [0.15, 0.2) is 187 Å². The zero-order valence-electron chi connectivity index (χ0n) is 30.4. The molecule has 2 N–H and O–H groups in total. The van der Waals surface area contributed by atoms with E-state index in [0.717, 1.165) is 40.9 Å². The van der Waals surface area contributed by atoms with Crippen molar-refractivity contribution in [3.8, 4) is 11.1 Å². The maximum atomic E-state index is 4.53. The van der Waals surface area contributed by atoms with Crippen LogP contribution in [-0.2, 0) is 0 Å². The van der Waals surface area contributed by atoms with Crippen LogP contribution in [0.3, 0.4) is 0 Å². The molecule has 258 valence electrons. The molecule has 7 rings (SSSR count). The molecule has 0 spiro atoms. The number of hydrogen-bond acceptors (Lipinski definition) is 2. The van der Waals surface area contributed by atoms with Gasteiger partial charge in [0.05, 0.1) is 0 Å². The fourth-order valence-corrected chi connectivity index (χ4v) is 7.31. The quantitative estimate of drug-likeness (QED) is 0.136. The third kappa shape index (κ3) is 8.71. The van der Waals surface area contributed by atoms with Gasteiger partial charge in [0, 0.05) is 29.2 Å². The summed E-state index contributed by atoms with van der Waals surface area (Å²) < 4.78 is 0. The van der Waals surface area contributed by atoms with Crippen molar-refractivity contribution in [2.45, 2.75) is 51.9 Å². The second-order valence-corrected chi connectivity index (χ2v) is 14.1. The number of hydrogen-bond donors (Lipinski definition) is 2. The van der Waals surface area contributed by atoms with Gasteiger partial charge in [0.2, 0.25) is 0 Å². The van der Waals surface area contributed by atoms with Crippen molar-refractivity contribution in [2.24, 2.45) is 0 Å². The van der Waals surface area contributed by atoms with Gasteiger partial charge in [-0.2, -0.15) is 0 Å². The highest BCUT2D eigenvalue weighted by molar-refractivity contribution is 5.76. The minimum Gasteiger partial charge on any atom is -0.362 e. The van der Waals surface area contributed by atoms with E-state index < -0.39 is 0 Å². The Bertz CT molecular complexity index is 2210. The van der Waals surface area contributed by atoms with Crippen LogP contribution in [0.25, 0.3) is 22.3 Å². The lowest BCUT2D eigenvalue weighted by molar-refractivity contribution is 0.742. The molecule has 1 unspecified atom stereocenters. The third-order valence-corrected chi connectivity index (χ3v) is 10.1. The Hall–Kier alpha value is -5.86. The zero-order chi connectivity index (χ0) is 35.7. The van der Waals surface area contributed by atoms with Gasteiger partial charge < -0.3 is 10.6 Å². The molecule has 0 saturated carbocycles. The molecule has 52 heavy (non-hydrogen) atoms. The first-order valence-corrected chi connectivity index (χ1v) is 18.6. The molecule has 0 bridgehead atoms. The number of benzene rings is 5. The lowest BCUT2D eigenvalue weighted by Gasteiger charge is -2.28. The van der Waals surface area contributed by atoms with E-state index in [1.165, 1.54) is 69.5 Å². The Morgan fingerprint density at radius 3 is 2.21 bits per heavy atom. The molecule has 5 aromatic rings. The van der Waals surface area contributed by atoms with Gasteiger partial charge in [-0.3, -0.25) is 0 Å². The number of nitrogens with one attached hydrogen (secondary N) is 2. The SMILES string of the molecule is C=C(/C=C(\C=C/Nc1cccc(C2=CCCCC2)c1)C1=CC=C(Nc2cccc(-c3ccccc3)c2)C(c2cccc(C)c2)C1)c1cccc(C)c1. The van der Waals surface area contributed by atoms with Crippen LogP contribution in [0.1, 0.15) is 65.8 Å². The minimum atomic E-state index is 0.151. The van der Waals surface area contributed by atoms with E-state index in [-0.39, 0.29) is 5.92 Å². The average Bonchev–Trinajstić information content (AvgIpc) is 3.18. The fourth-order valence-electron chi connectivity index (χ4n) is 7.31. The molecule has 0 saturated heterocycles. The van der Waals surface area contributed by atoms with Crippen molar-refractivity contribution in [3.63, 3.8) is 0 Å². The van der Waals surface area contributed by atoms with Crippen LogP contribution in [0.5, 0.6) is 0 Å². The minimum absolute atomic E-state index is 0.151. The van der Waals surface area contributed by atoms with E-state index in [1.54, 1.807) is 0 Å². The van der Waals surface area contributed by atoms with E-state index in [9.17, 15) is 0 Å². The number of anilines is 2. The number of rotatable bonds is 11. The van der Waals surface area contributed by atoms with Crippen LogP contribution >= 0.6 is 0 Å². The summed E-state index contributed by atoms with van der Waals surface area (Å²) in [4.78, 5) is 0. The summed E-state index contributed by atoms with van der Waals surface area (Å²) in [6.07, 6.45) is 19.2. The van der Waals surface area contributed by atoms with Gasteiger partial charge in [-0.05, 0) is 139 Å². The molecule has 2 aliphatic rings. The van der Waals surface area contributed by atoms with E-state index >= 15 is 0 Å². The van der Waals surface area contributed by atoms with Gasteiger partial charge in [-0.25, -0.2) is 0 Å². The largest absolute Gasteiger partial charge is 0.362 e. The molecule has 1 atom stereocenters. The molecule has 2 nitrogen and oxygen atoms in total. The Morgan fingerprint density at radius 2 is 1.42 bits per heavy atom. The van der Waals surface area contributed by atoms with Gasteiger partial charge in [0.15, 0.2) is 0 Å². The Kier molecular flexibility index (Phi) is 10.9. The fraction of sp³-hybridized carbons (Fsp3) is 0.160. The highest BCUT2D eigenvalue weighted by Gasteiger charge is 2.23. The van der Waals surface area contributed by atoms with Crippen molar-refractivity contribution in [2.75, 3.05) is 10.6 Å². The van der Waals surface area contributed by atoms with E-state index in [0.29, 0.717) is 0 Å². The molecule has 0 heterocycles. The number of allylic oxidation sites excluding steroid dienone is 10. The normalized spacial score (nSPS) is 16.2. The summed E-state index contributed by atoms with van der Waals surface area (Å²) >= 11 is 0. The number of aryl methyl sites for hydroxylation is 2. The lowest BCUT2D eigenvalue weighted by atomic mass is 9.82. The molecule has 5 aromatic carbocycles. The molecule has 2 heteroatoms. The summed E-state index contributed by atoms with van der Waals surface area (Å²) in [5.74, 6) is 0.151. The smallest absolute Gasteiger partial charge is 0.0388 e. The maximum absolute atomic E-state index is 4.53. The highest BCUT2D eigenvalue weighted by atomic mass is 14.9. The molecule has 0 aliphatic heterocycles. The van der Waals surface area contributed by atoms with E-state index in [1.807, 2.05) is 0 Å². The van der Waals surface area contributed by atoms with Crippen molar-refractivity contribution >= 4 is 22.5 Å². The van der Waals surface area contributed by atoms with E-state index in [2.05, 4.69) is 195 Å². The summed E-state index contributed by atoms with van der Waals surface area (Å²) in [5.41, 5.74) is 16.9. The van der Waals surface area contributed by atoms with Crippen molar-refractivity contribution in [1.82, 2.24) is 0 Å². The van der Waals surface area contributed by atoms with Gasteiger partial charge in [0.1, 0.15) is 0 Å². The van der Waals surface area contributed by atoms with Crippen LogP contribution < -0.4 is 10.6 Å². The Labute approximate surface area is 310 Å². The van der Waals surface area contributed by atoms with E-state index in [4.69, 9.17) is 0 Å². The molecule has 0 amide bonds. The van der Waals surface area contributed by atoms with Gasteiger partial charge >= 0.3 is 0 Å². The van der Waals surface area contributed by atoms with Crippen LogP contribution in [0.4, 0.5) is 11.4 Å². The second kappa shape index (κ2) is 16.4. The average molecular weight is 677 g/mol. The first-order valence-electron chi connectivity index (χ1n) is 18.6. The summed E-state index contributed by atoms with van der Waals surface area (Å²) in [7, 11) is 0. The maximum Gasteiger partial charge on any atom is 0.0388 e. The first-order chi connectivity index (χ1) is 25.5. The topological polar surface area (TPSA) is 24.1 Å². The third-order valence-electron chi connectivity index (χ3n) is 10.1. The molecule has 0 aromatic heterocycles. The summed E-state index contributed by atoms with van der Waals surface area (Å²) in [6, 6.07) is 45.6. The summed E-state index contributed by atoms with van der Waals surface area (Å²) in [6.45, 7) is 8.84. The van der Waals surface area contributed by atoms with Crippen molar-refractivity contribution in [3.05, 3.63) is 215 Å². The molecule has 2 aliphatic carbocycles. The lowest BCUT2D eigenvalue weighted by Crippen LogP contribution is -2.15. The summed E-state index contributed by atoms with van der Waals surface area (Å²) in [5, 5.41) is 7.43. The molecule has 0 fully saturated rings. The van der Waals surface area contributed by atoms with Crippen molar-refractivity contribution in [1.29, 1.82) is 0 Å².